The number of benzene rings is 2. The molecule has 0 radical (unpaired) electrons. The Bertz CT molecular complexity index is 1020. The first kappa shape index (κ1) is 16.6. The third kappa shape index (κ3) is 3.33. The molecule has 2 aromatic carbocycles. The van der Waals surface area contributed by atoms with Gasteiger partial charge >= 0.3 is 5.97 Å². The van der Waals surface area contributed by atoms with Crippen molar-refractivity contribution in [1.82, 2.24) is 0 Å². The number of nitrogens with two attached hydrogens (primary N) is 1. The summed E-state index contributed by atoms with van der Waals surface area (Å²) in [5.41, 5.74) is 1.74. The molecule has 0 unspecified atom stereocenters. The molecular weight excluding hydrogens is 346 g/mol. The minimum Gasteiger partial charge on any atom is -0.457 e. The molecule has 3 rings (SSSR count). The van der Waals surface area contributed by atoms with Gasteiger partial charge in [0, 0.05) is 10.3 Å². The van der Waals surface area contributed by atoms with Gasteiger partial charge in [-0.2, -0.15) is 0 Å². The van der Waals surface area contributed by atoms with Crippen LogP contribution in [-0.4, -0.2) is 14.4 Å². The summed E-state index contributed by atoms with van der Waals surface area (Å²) in [6.07, 6.45) is 0. The lowest BCUT2D eigenvalue weighted by atomic mass is 10.1. The first-order valence-electron chi connectivity index (χ1n) is 7.12. The van der Waals surface area contributed by atoms with Crippen molar-refractivity contribution < 1.29 is 17.9 Å². The highest BCUT2D eigenvalue weighted by atomic mass is 32.2. The second kappa shape index (κ2) is 6.35. The highest BCUT2D eigenvalue weighted by molar-refractivity contribution is 7.89. The van der Waals surface area contributed by atoms with Crippen LogP contribution in [0.5, 0.6) is 0 Å². The largest absolute Gasteiger partial charge is 0.457 e. The van der Waals surface area contributed by atoms with Gasteiger partial charge in [-0.3, -0.25) is 0 Å². The number of thiophene rings is 1. The molecule has 1 heterocycles. The zero-order chi connectivity index (χ0) is 17.3. The molecule has 0 spiro atoms. The number of hydrogen-bond donors (Lipinski definition) is 1. The van der Waals surface area contributed by atoms with E-state index in [1.165, 1.54) is 18.2 Å². The number of hydrogen-bond acceptors (Lipinski definition) is 5. The highest BCUT2D eigenvalue weighted by Gasteiger charge is 2.16. The van der Waals surface area contributed by atoms with E-state index in [0.717, 1.165) is 15.6 Å². The Morgan fingerprint density at radius 3 is 2.71 bits per heavy atom. The summed E-state index contributed by atoms with van der Waals surface area (Å²) >= 11 is 1.58. The van der Waals surface area contributed by atoms with Crippen LogP contribution in [0.3, 0.4) is 0 Å². The number of aryl methyl sites for hydroxylation is 1. The van der Waals surface area contributed by atoms with Crippen molar-refractivity contribution in [2.75, 3.05) is 0 Å². The highest BCUT2D eigenvalue weighted by Crippen LogP contribution is 2.26. The van der Waals surface area contributed by atoms with Gasteiger partial charge in [0.1, 0.15) is 6.61 Å². The maximum absolute atomic E-state index is 12.3. The van der Waals surface area contributed by atoms with Crippen molar-refractivity contribution in [3.63, 3.8) is 0 Å². The molecule has 0 aliphatic carbocycles. The fourth-order valence-electron chi connectivity index (χ4n) is 2.36. The Balaban J connectivity index is 1.83. The van der Waals surface area contributed by atoms with Crippen LogP contribution in [0, 0.1) is 6.92 Å². The van der Waals surface area contributed by atoms with Gasteiger partial charge in [-0.1, -0.05) is 24.3 Å². The topological polar surface area (TPSA) is 86.5 Å². The molecular formula is C17H15NO4S2. The van der Waals surface area contributed by atoms with Crippen molar-refractivity contribution in [3.05, 3.63) is 64.5 Å². The van der Waals surface area contributed by atoms with E-state index in [1.54, 1.807) is 18.3 Å². The molecule has 2 N–H and O–H groups in total. The van der Waals surface area contributed by atoms with Crippen LogP contribution < -0.4 is 5.14 Å². The fourth-order valence-corrected chi connectivity index (χ4v) is 3.85. The molecule has 0 fully saturated rings. The molecule has 7 heteroatoms. The molecule has 0 aliphatic heterocycles. The third-order valence-corrected chi connectivity index (χ3v) is 5.60. The van der Waals surface area contributed by atoms with Crippen molar-refractivity contribution >= 4 is 37.4 Å². The van der Waals surface area contributed by atoms with Crippen LogP contribution in [0.25, 0.3) is 10.1 Å². The zero-order valence-electron chi connectivity index (χ0n) is 12.9. The van der Waals surface area contributed by atoms with Gasteiger partial charge in [-0.05, 0) is 41.5 Å². The van der Waals surface area contributed by atoms with Crippen molar-refractivity contribution in [2.45, 2.75) is 18.4 Å². The summed E-state index contributed by atoms with van der Waals surface area (Å²) in [6.45, 7) is 1.84. The van der Waals surface area contributed by atoms with Crippen molar-refractivity contribution in [3.8, 4) is 0 Å². The van der Waals surface area contributed by atoms with Gasteiger partial charge in [0.05, 0.1) is 10.5 Å². The zero-order valence-corrected chi connectivity index (χ0v) is 14.5. The maximum Gasteiger partial charge on any atom is 0.338 e. The molecule has 0 aliphatic rings. The molecule has 0 atom stereocenters. The van der Waals surface area contributed by atoms with E-state index >= 15 is 0 Å². The van der Waals surface area contributed by atoms with Crippen molar-refractivity contribution in [2.24, 2.45) is 5.14 Å². The third-order valence-electron chi connectivity index (χ3n) is 3.68. The molecule has 3 aromatic rings. The van der Waals surface area contributed by atoms with E-state index in [4.69, 9.17) is 9.88 Å². The smallest absolute Gasteiger partial charge is 0.338 e. The van der Waals surface area contributed by atoms with E-state index in [1.807, 2.05) is 29.6 Å². The first-order valence-corrected chi connectivity index (χ1v) is 9.54. The molecule has 1 aromatic heterocycles. The second-order valence-electron chi connectivity index (χ2n) is 5.35. The molecule has 24 heavy (non-hydrogen) atoms. The summed E-state index contributed by atoms with van der Waals surface area (Å²) < 4.78 is 29.4. The fraction of sp³-hybridized carbons (Fsp3) is 0.118. The molecule has 124 valence electrons. The van der Waals surface area contributed by atoms with Crippen LogP contribution >= 0.6 is 11.3 Å². The van der Waals surface area contributed by atoms with E-state index in [9.17, 15) is 13.2 Å². The monoisotopic (exact) mass is 361 g/mol. The summed E-state index contributed by atoms with van der Waals surface area (Å²) in [6, 6.07) is 12.0. The lowest BCUT2D eigenvalue weighted by Crippen LogP contribution is -2.14. The Kier molecular flexibility index (Phi) is 4.40. The SMILES string of the molecule is Cc1ccc(S(N)(=O)=O)cc1C(=O)OCc1csc2ccccc12. The lowest BCUT2D eigenvalue weighted by Gasteiger charge is -2.08. The number of primary sulfonamides is 1. The van der Waals surface area contributed by atoms with Gasteiger partial charge in [0.2, 0.25) is 10.0 Å². The maximum atomic E-state index is 12.3. The summed E-state index contributed by atoms with van der Waals surface area (Å²) in [4.78, 5) is 12.2. The Labute approximate surface area is 143 Å². The summed E-state index contributed by atoms with van der Waals surface area (Å²) in [5.74, 6) is -0.576. The summed E-state index contributed by atoms with van der Waals surface area (Å²) in [5, 5.41) is 8.11. The predicted molar refractivity (Wildman–Crippen MR) is 93.5 cm³/mol. The van der Waals surface area contributed by atoms with Crippen LogP contribution in [0.1, 0.15) is 21.5 Å². The van der Waals surface area contributed by atoms with E-state index in [2.05, 4.69) is 0 Å². The van der Waals surface area contributed by atoms with Crippen LogP contribution in [0.15, 0.2) is 52.7 Å². The summed E-state index contributed by atoms with van der Waals surface area (Å²) in [7, 11) is -3.87. The standard InChI is InChI=1S/C17H15NO4S2/c1-11-6-7-13(24(18,20)21)8-15(11)17(19)22-9-12-10-23-16-5-3-2-4-14(12)16/h2-8,10H,9H2,1H3,(H2,18,20,21). The Hall–Kier alpha value is -2.22. The molecule has 0 amide bonds. The van der Waals surface area contributed by atoms with Gasteiger partial charge in [0.25, 0.3) is 0 Å². The second-order valence-corrected chi connectivity index (χ2v) is 7.83. The Morgan fingerprint density at radius 2 is 1.96 bits per heavy atom. The van der Waals surface area contributed by atoms with E-state index in [0.29, 0.717) is 5.56 Å². The minimum atomic E-state index is -3.87. The van der Waals surface area contributed by atoms with Gasteiger partial charge in [-0.25, -0.2) is 18.4 Å². The normalized spacial score (nSPS) is 11.6. The predicted octanol–water partition coefficient (Wildman–Crippen LogP) is 3.21. The number of esters is 1. The molecule has 0 saturated carbocycles. The van der Waals surface area contributed by atoms with Crippen LogP contribution in [-0.2, 0) is 21.4 Å². The van der Waals surface area contributed by atoms with E-state index in [-0.39, 0.29) is 17.1 Å². The Morgan fingerprint density at radius 1 is 1.21 bits per heavy atom. The average molecular weight is 361 g/mol. The number of sulfonamides is 1. The number of carbonyl (C=O) groups excluding carboxylic acids is 1. The van der Waals surface area contributed by atoms with Gasteiger partial charge < -0.3 is 4.74 Å². The molecule has 0 saturated heterocycles. The first-order chi connectivity index (χ1) is 11.4. The average Bonchev–Trinajstić information content (AvgIpc) is 2.95. The molecule has 0 bridgehead atoms. The number of rotatable bonds is 4. The number of ether oxygens (including phenoxy) is 1. The number of carbonyl (C=O) groups is 1. The minimum absolute atomic E-state index is 0.110. The number of fused-ring (bicyclic) bond motifs is 1. The van der Waals surface area contributed by atoms with E-state index < -0.39 is 16.0 Å². The van der Waals surface area contributed by atoms with Gasteiger partial charge in [-0.15, -0.1) is 11.3 Å². The van der Waals surface area contributed by atoms with Crippen LogP contribution in [0.2, 0.25) is 0 Å². The van der Waals surface area contributed by atoms with Gasteiger partial charge in [0.15, 0.2) is 0 Å². The quantitative estimate of drug-likeness (QED) is 0.723. The van der Waals surface area contributed by atoms with Crippen LogP contribution in [0.4, 0.5) is 0 Å². The van der Waals surface area contributed by atoms with Crippen molar-refractivity contribution in [1.29, 1.82) is 0 Å². The lowest BCUT2D eigenvalue weighted by molar-refractivity contribution is 0.0473. The molecule has 5 nitrogen and oxygen atoms in total.